The number of nitrogens with two attached hydrogens (primary N) is 1. The number of nitrogens with one attached hydrogen (secondary N) is 2. The minimum atomic E-state index is -1.07. The molecule has 0 aromatic heterocycles. The van der Waals surface area contributed by atoms with Crippen molar-refractivity contribution in [1.29, 1.82) is 0 Å². The van der Waals surface area contributed by atoms with E-state index in [1.807, 2.05) is 0 Å². The number of carbonyl (C=O) groups is 1. The largest absolute Gasteiger partial charge is 0.382 e. The Bertz CT molecular complexity index is 279. The number of amides is 1. The SMILES string of the molecule is NC(=O)C(O)CNC1CCCCC1C1CCCN1. The van der Waals surface area contributed by atoms with Gasteiger partial charge in [0, 0.05) is 18.6 Å². The molecule has 1 saturated carbocycles. The predicted molar refractivity (Wildman–Crippen MR) is 70.0 cm³/mol. The van der Waals surface area contributed by atoms with Crippen LogP contribution in [0.3, 0.4) is 0 Å². The van der Waals surface area contributed by atoms with Gasteiger partial charge in [-0.15, -0.1) is 0 Å². The molecule has 0 radical (unpaired) electrons. The van der Waals surface area contributed by atoms with Crippen LogP contribution in [0.2, 0.25) is 0 Å². The summed E-state index contributed by atoms with van der Waals surface area (Å²) >= 11 is 0. The summed E-state index contributed by atoms with van der Waals surface area (Å²) in [5.41, 5.74) is 5.07. The monoisotopic (exact) mass is 255 g/mol. The molecular weight excluding hydrogens is 230 g/mol. The molecule has 2 fully saturated rings. The highest BCUT2D eigenvalue weighted by molar-refractivity contribution is 5.78. The number of carbonyl (C=O) groups excluding carboxylic acids is 1. The zero-order valence-corrected chi connectivity index (χ0v) is 10.9. The lowest BCUT2D eigenvalue weighted by Gasteiger charge is -2.36. The second kappa shape index (κ2) is 6.50. The Labute approximate surface area is 109 Å². The summed E-state index contributed by atoms with van der Waals surface area (Å²) in [5, 5.41) is 16.4. The number of hydrogen-bond donors (Lipinski definition) is 4. The zero-order chi connectivity index (χ0) is 13.0. The van der Waals surface area contributed by atoms with Crippen molar-refractivity contribution < 1.29 is 9.90 Å². The first-order chi connectivity index (χ1) is 8.68. The maximum atomic E-state index is 10.8. The van der Waals surface area contributed by atoms with E-state index >= 15 is 0 Å². The fraction of sp³-hybridized carbons (Fsp3) is 0.923. The van der Waals surface area contributed by atoms with E-state index in [0.717, 1.165) is 13.0 Å². The molecule has 1 aliphatic carbocycles. The average Bonchev–Trinajstić information content (AvgIpc) is 2.89. The molecule has 0 aromatic rings. The van der Waals surface area contributed by atoms with Crippen LogP contribution in [0.15, 0.2) is 0 Å². The first kappa shape index (κ1) is 13.8. The highest BCUT2D eigenvalue weighted by Gasteiger charge is 2.33. The lowest BCUT2D eigenvalue weighted by atomic mass is 9.79. The van der Waals surface area contributed by atoms with Crippen molar-refractivity contribution in [2.45, 2.75) is 56.7 Å². The van der Waals surface area contributed by atoms with E-state index in [-0.39, 0.29) is 6.54 Å². The molecule has 2 rings (SSSR count). The molecule has 5 N–H and O–H groups in total. The third kappa shape index (κ3) is 3.43. The van der Waals surface area contributed by atoms with Gasteiger partial charge in [0.25, 0.3) is 0 Å². The van der Waals surface area contributed by atoms with Crippen molar-refractivity contribution in [3.05, 3.63) is 0 Å². The summed E-state index contributed by atoms with van der Waals surface area (Å²) in [5.74, 6) is -0.0184. The molecular formula is C13H25N3O2. The van der Waals surface area contributed by atoms with Crippen molar-refractivity contribution in [1.82, 2.24) is 10.6 Å². The number of rotatable bonds is 5. The van der Waals surface area contributed by atoms with Crippen molar-refractivity contribution in [3.63, 3.8) is 0 Å². The van der Waals surface area contributed by atoms with Gasteiger partial charge in [-0.05, 0) is 38.1 Å². The van der Waals surface area contributed by atoms with Gasteiger partial charge in [0.2, 0.25) is 5.91 Å². The van der Waals surface area contributed by atoms with E-state index < -0.39 is 12.0 Å². The molecule has 1 saturated heterocycles. The third-order valence-electron chi connectivity index (χ3n) is 4.34. The van der Waals surface area contributed by atoms with Crippen LogP contribution in [0.5, 0.6) is 0 Å². The molecule has 104 valence electrons. The first-order valence-corrected chi connectivity index (χ1v) is 7.12. The zero-order valence-electron chi connectivity index (χ0n) is 10.9. The minimum Gasteiger partial charge on any atom is -0.382 e. The van der Waals surface area contributed by atoms with Gasteiger partial charge in [-0.2, -0.15) is 0 Å². The summed E-state index contributed by atoms with van der Waals surface area (Å²) in [6.45, 7) is 1.40. The molecule has 0 spiro atoms. The van der Waals surface area contributed by atoms with E-state index in [1.165, 1.54) is 32.1 Å². The highest BCUT2D eigenvalue weighted by Crippen LogP contribution is 2.30. The molecule has 0 bridgehead atoms. The Morgan fingerprint density at radius 3 is 2.78 bits per heavy atom. The molecule has 0 aromatic carbocycles. The van der Waals surface area contributed by atoms with E-state index in [2.05, 4.69) is 10.6 Å². The second-order valence-electron chi connectivity index (χ2n) is 5.58. The van der Waals surface area contributed by atoms with Gasteiger partial charge in [0.05, 0.1) is 0 Å². The summed E-state index contributed by atoms with van der Waals surface area (Å²) < 4.78 is 0. The summed E-state index contributed by atoms with van der Waals surface area (Å²) in [4.78, 5) is 10.8. The van der Waals surface area contributed by atoms with E-state index in [4.69, 9.17) is 5.73 Å². The van der Waals surface area contributed by atoms with Crippen LogP contribution in [0.1, 0.15) is 38.5 Å². The lowest BCUT2D eigenvalue weighted by Crippen LogP contribution is -2.50. The number of primary amides is 1. The van der Waals surface area contributed by atoms with Gasteiger partial charge >= 0.3 is 0 Å². The Balaban J connectivity index is 1.85. The van der Waals surface area contributed by atoms with Crippen molar-refractivity contribution in [3.8, 4) is 0 Å². The molecule has 1 heterocycles. The van der Waals surface area contributed by atoms with Crippen LogP contribution in [-0.4, -0.2) is 42.3 Å². The quantitative estimate of drug-likeness (QED) is 0.545. The number of aliphatic hydroxyl groups is 1. The third-order valence-corrected chi connectivity index (χ3v) is 4.34. The number of hydrogen-bond acceptors (Lipinski definition) is 4. The molecule has 4 atom stereocenters. The van der Waals surface area contributed by atoms with E-state index in [9.17, 15) is 9.90 Å². The predicted octanol–water partition coefficient (Wildman–Crippen LogP) is -0.267. The Morgan fingerprint density at radius 2 is 2.11 bits per heavy atom. The van der Waals surface area contributed by atoms with Crippen LogP contribution >= 0.6 is 0 Å². The van der Waals surface area contributed by atoms with Gasteiger partial charge in [-0.3, -0.25) is 4.79 Å². The Hall–Kier alpha value is -0.650. The van der Waals surface area contributed by atoms with Gasteiger partial charge in [-0.1, -0.05) is 12.8 Å². The molecule has 5 nitrogen and oxygen atoms in total. The number of aliphatic hydroxyl groups excluding tert-OH is 1. The molecule has 1 amide bonds. The van der Waals surface area contributed by atoms with E-state index in [1.54, 1.807) is 0 Å². The maximum Gasteiger partial charge on any atom is 0.247 e. The van der Waals surface area contributed by atoms with Crippen LogP contribution in [0.25, 0.3) is 0 Å². The van der Waals surface area contributed by atoms with Gasteiger partial charge < -0.3 is 21.5 Å². The van der Waals surface area contributed by atoms with Crippen LogP contribution in [0.4, 0.5) is 0 Å². The van der Waals surface area contributed by atoms with E-state index in [0.29, 0.717) is 18.0 Å². The molecule has 5 heteroatoms. The normalized spacial score (nSPS) is 34.4. The molecule has 18 heavy (non-hydrogen) atoms. The van der Waals surface area contributed by atoms with Gasteiger partial charge in [0.1, 0.15) is 6.10 Å². The van der Waals surface area contributed by atoms with Crippen molar-refractivity contribution in [2.24, 2.45) is 11.7 Å². The van der Waals surface area contributed by atoms with Crippen LogP contribution < -0.4 is 16.4 Å². The van der Waals surface area contributed by atoms with Crippen LogP contribution in [-0.2, 0) is 4.79 Å². The fourth-order valence-electron chi connectivity index (χ4n) is 3.34. The summed E-state index contributed by atoms with van der Waals surface area (Å²) in [7, 11) is 0. The van der Waals surface area contributed by atoms with Crippen molar-refractivity contribution >= 4 is 5.91 Å². The maximum absolute atomic E-state index is 10.8. The topological polar surface area (TPSA) is 87.4 Å². The Morgan fingerprint density at radius 1 is 1.33 bits per heavy atom. The summed E-state index contributed by atoms with van der Waals surface area (Å²) in [6, 6.07) is 1.01. The molecule has 2 aliphatic rings. The van der Waals surface area contributed by atoms with Crippen molar-refractivity contribution in [2.75, 3.05) is 13.1 Å². The second-order valence-corrected chi connectivity index (χ2v) is 5.58. The molecule has 1 aliphatic heterocycles. The van der Waals surface area contributed by atoms with Crippen LogP contribution in [0, 0.1) is 5.92 Å². The highest BCUT2D eigenvalue weighted by atomic mass is 16.3. The average molecular weight is 255 g/mol. The first-order valence-electron chi connectivity index (χ1n) is 7.12. The smallest absolute Gasteiger partial charge is 0.247 e. The Kier molecular flexibility index (Phi) is 4.97. The summed E-state index contributed by atoms with van der Waals surface area (Å²) in [6.07, 6.45) is 6.34. The minimum absolute atomic E-state index is 0.281. The standard InChI is InChI=1S/C13H25N3O2/c14-13(18)12(17)8-16-11-5-2-1-4-9(11)10-6-3-7-15-10/h9-12,15-17H,1-8H2,(H2,14,18). The van der Waals surface area contributed by atoms with Gasteiger partial charge in [0.15, 0.2) is 0 Å². The van der Waals surface area contributed by atoms with Gasteiger partial charge in [-0.25, -0.2) is 0 Å². The molecule has 4 unspecified atom stereocenters. The fourth-order valence-corrected chi connectivity index (χ4v) is 3.34. The lowest BCUT2D eigenvalue weighted by molar-refractivity contribution is -0.125.